The lowest BCUT2D eigenvalue weighted by Gasteiger charge is -2.42. The highest BCUT2D eigenvalue weighted by atomic mass is 79.9. The maximum Gasteiger partial charge on any atom is 0.264 e. The fraction of sp³-hybridized carbons (Fsp3) is 0.545. The normalized spacial score (nSPS) is 19.8. The van der Waals surface area contributed by atoms with Crippen LogP contribution in [0.4, 0.5) is 0 Å². The summed E-state index contributed by atoms with van der Waals surface area (Å²) < 4.78 is 1.00. The molecular weight excluding hydrogens is 288 g/mol. The van der Waals surface area contributed by atoms with Crippen molar-refractivity contribution < 1.29 is 4.79 Å². The second kappa shape index (κ2) is 4.47. The number of piperazine rings is 1. The number of thiophene rings is 1. The number of carbonyl (C=O) groups is 1. The molecule has 0 bridgehead atoms. The van der Waals surface area contributed by atoms with E-state index in [4.69, 9.17) is 0 Å². The summed E-state index contributed by atoms with van der Waals surface area (Å²) in [5.74, 6) is 0.141. The van der Waals surface area contributed by atoms with Gasteiger partial charge in [0.05, 0.1) is 14.2 Å². The number of nitrogens with one attached hydrogen (secondary N) is 1. The molecule has 1 aromatic heterocycles. The van der Waals surface area contributed by atoms with Gasteiger partial charge in [0.15, 0.2) is 0 Å². The molecule has 5 heteroatoms. The molecule has 0 unspecified atom stereocenters. The molecule has 1 amide bonds. The Morgan fingerprint density at radius 2 is 2.31 bits per heavy atom. The summed E-state index contributed by atoms with van der Waals surface area (Å²) in [6.45, 7) is 6.70. The largest absolute Gasteiger partial charge is 0.330 e. The second-order valence-electron chi connectivity index (χ2n) is 4.55. The molecule has 2 heterocycles. The third-order valence-electron chi connectivity index (χ3n) is 2.83. The molecule has 0 aliphatic carbocycles. The van der Waals surface area contributed by atoms with Crippen LogP contribution in [-0.2, 0) is 0 Å². The zero-order valence-electron chi connectivity index (χ0n) is 9.42. The highest BCUT2D eigenvalue weighted by molar-refractivity contribution is 9.11. The first-order valence-corrected chi connectivity index (χ1v) is 6.90. The number of carbonyl (C=O) groups excluding carboxylic acids is 1. The first-order chi connectivity index (χ1) is 7.50. The van der Waals surface area contributed by atoms with Crippen molar-refractivity contribution in [3.8, 4) is 0 Å². The molecule has 16 heavy (non-hydrogen) atoms. The average Bonchev–Trinajstić information content (AvgIpc) is 2.63. The van der Waals surface area contributed by atoms with E-state index in [1.54, 1.807) is 0 Å². The summed E-state index contributed by atoms with van der Waals surface area (Å²) in [5.41, 5.74) is -0.105. The van der Waals surface area contributed by atoms with Gasteiger partial charge in [0, 0.05) is 19.6 Å². The number of hydrogen-bond donors (Lipinski definition) is 1. The number of hydrogen-bond acceptors (Lipinski definition) is 3. The standard InChI is InChI=1S/C11H15BrN2OS/c1-11(2)7-13-5-6-14(11)10(15)8-3-4-9(12)16-8/h3-4,13H,5-7H2,1-2H3. The van der Waals surface area contributed by atoms with E-state index in [2.05, 4.69) is 35.1 Å². The van der Waals surface area contributed by atoms with Crippen LogP contribution in [0.25, 0.3) is 0 Å². The maximum atomic E-state index is 12.3. The number of rotatable bonds is 1. The monoisotopic (exact) mass is 302 g/mol. The Hall–Kier alpha value is -0.390. The van der Waals surface area contributed by atoms with Crippen molar-refractivity contribution in [1.82, 2.24) is 10.2 Å². The Kier molecular flexibility index (Phi) is 3.37. The highest BCUT2D eigenvalue weighted by Gasteiger charge is 2.34. The fourth-order valence-corrected chi connectivity index (χ4v) is 3.26. The molecule has 1 aliphatic rings. The molecule has 0 aromatic carbocycles. The first-order valence-electron chi connectivity index (χ1n) is 5.29. The molecule has 0 spiro atoms. The Balaban J connectivity index is 2.20. The lowest BCUT2D eigenvalue weighted by Crippen LogP contribution is -2.59. The van der Waals surface area contributed by atoms with Gasteiger partial charge >= 0.3 is 0 Å². The van der Waals surface area contributed by atoms with Crippen LogP contribution in [0.1, 0.15) is 23.5 Å². The van der Waals surface area contributed by atoms with E-state index >= 15 is 0 Å². The molecule has 88 valence electrons. The minimum absolute atomic E-state index is 0.105. The average molecular weight is 303 g/mol. The van der Waals surface area contributed by atoms with Gasteiger partial charge in [-0.15, -0.1) is 11.3 Å². The summed E-state index contributed by atoms with van der Waals surface area (Å²) in [7, 11) is 0. The molecule has 2 rings (SSSR count). The van der Waals surface area contributed by atoms with Crippen molar-refractivity contribution in [3.05, 3.63) is 20.8 Å². The van der Waals surface area contributed by atoms with Crippen LogP contribution in [0.5, 0.6) is 0 Å². The number of halogens is 1. The van der Waals surface area contributed by atoms with Crippen molar-refractivity contribution in [3.63, 3.8) is 0 Å². The van der Waals surface area contributed by atoms with E-state index in [0.717, 1.165) is 28.3 Å². The van der Waals surface area contributed by atoms with Crippen LogP contribution in [0.2, 0.25) is 0 Å². The third kappa shape index (κ3) is 2.31. The molecule has 3 nitrogen and oxygen atoms in total. The predicted octanol–water partition coefficient (Wildman–Crippen LogP) is 2.33. The van der Waals surface area contributed by atoms with Gasteiger partial charge in [-0.3, -0.25) is 4.79 Å². The number of amides is 1. The van der Waals surface area contributed by atoms with Gasteiger partial charge < -0.3 is 10.2 Å². The smallest absolute Gasteiger partial charge is 0.264 e. The predicted molar refractivity (Wildman–Crippen MR) is 70.0 cm³/mol. The summed E-state index contributed by atoms with van der Waals surface area (Å²) in [6, 6.07) is 3.81. The van der Waals surface area contributed by atoms with Gasteiger partial charge in [0.2, 0.25) is 0 Å². The van der Waals surface area contributed by atoms with Crippen molar-refractivity contribution in [2.24, 2.45) is 0 Å². The Bertz CT molecular complexity index is 402. The highest BCUT2D eigenvalue weighted by Crippen LogP contribution is 2.26. The minimum atomic E-state index is -0.105. The topological polar surface area (TPSA) is 32.3 Å². The van der Waals surface area contributed by atoms with Crippen molar-refractivity contribution in [1.29, 1.82) is 0 Å². The molecule has 0 atom stereocenters. The zero-order valence-corrected chi connectivity index (χ0v) is 11.8. The molecular formula is C11H15BrN2OS. The molecule has 0 radical (unpaired) electrons. The molecule has 1 N–H and O–H groups in total. The fourth-order valence-electron chi connectivity index (χ4n) is 1.92. The van der Waals surface area contributed by atoms with E-state index in [0.29, 0.717) is 0 Å². The van der Waals surface area contributed by atoms with E-state index in [1.165, 1.54) is 11.3 Å². The van der Waals surface area contributed by atoms with Crippen molar-refractivity contribution in [2.45, 2.75) is 19.4 Å². The van der Waals surface area contributed by atoms with Gasteiger partial charge in [-0.25, -0.2) is 0 Å². The zero-order chi connectivity index (χ0) is 11.8. The molecule has 1 aromatic rings. The quantitative estimate of drug-likeness (QED) is 0.863. The van der Waals surface area contributed by atoms with Gasteiger partial charge in [0.1, 0.15) is 0 Å². The van der Waals surface area contributed by atoms with Crippen LogP contribution in [0.15, 0.2) is 15.9 Å². The van der Waals surface area contributed by atoms with Crippen molar-refractivity contribution >= 4 is 33.2 Å². The summed E-state index contributed by atoms with van der Waals surface area (Å²) in [6.07, 6.45) is 0. The van der Waals surface area contributed by atoms with Crippen LogP contribution in [-0.4, -0.2) is 36.0 Å². The second-order valence-corrected chi connectivity index (χ2v) is 7.01. The summed E-state index contributed by atoms with van der Waals surface area (Å²) in [5, 5.41) is 3.32. The van der Waals surface area contributed by atoms with Gasteiger partial charge in [0.25, 0.3) is 5.91 Å². The van der Waals surface area contributed by atoms with E-state index in [-0.39, 0.29) is 11.4 Å². The van der Waals surface area contributed by atoms with E-state index in [9.17, 15) is 4.79 Å². The lowest BCUT2D eigenvalue weighted by molar-refractivity contribution is 0.0482. The molecule has 1 fully saturated rings. The molecule has 0 saturated carbocycles. The maximum absolute atomic E-state index is 12.3. The molecule has 1 saturated heterocycles. The van der Waals surface area contributed by atoms with Crippen LogP contribution in [0.3, 0.4) is 0 Å². The SMILES string of the molecule is CC1(C)CNCCN1C(=O)c1ccc(Br)s1. The van der Waals surface area contributed by atoms with Crippen molar-refractivity contribution in [2.75, 3.05) is 19.6 Å². The van der Waals surface area contributed by atoms with E-state index < -0.39 is 0 Å². The van der Waals surface area contributed by atoms with Gasteiger partial charge in [-0.05, 0) is 41.9 Å². The van der Waals surface area contributed by atoms with Crippen LogP contribution in [0, 0.1) is 0 Å². The Morgan fingerprint density at radius 3 is 2.88 bits per heavy atom. The van der Waals surface area contributed by atoms with Crippen LogP contribution < -0.4 is 5.32 Å². The minimum Gasteiger partial charge on any atom is -0.330 e. The first kappa shape index (κ1) is 12.1. The lowest BCUT2D eigenvalue weighted by atomic mass is 10.00. The van der Waals surface area contributed by atoms with Gasteiger partial charge in [-0.2, -0.15) is 0 Å². The number of nitrogens with zero attached hydrogens (tertiary/aromatic N) is 1. The Morgan fingerprint density at radius 1 is 1.56 bits per heavy atom. The van der Waals surface area contributed by atoms with E-state index in [1.807, 2.05) is 17.0 Å². The summed E-state index contributed by atoms with van der Waals surface area (Å²) in [4.78, 5) is 15.1. The van der Waals surface area contributed by atoms with Gasteiger partial charge in [-0.1, -0.05) is 0 Å². The summed E-state index contributed by atoms with van der Waals surface area (Å²) >= 11 is 4.88. The molecule has 1 aliphatic heterocycles. The third-order valence-corrected chi connectivity index (χ3v) is 4.44. The Labute approximate surface area is 108 Å². The van der Waals surface area contributed by atoms with Crippen LogP contribution >= 0.6 is 27.3 Å².